The SMILES string of the molecule is COc1cc2ncnc(Nc3cccc(Cl)c3F)c2cc1OC1CCN(CC(=O)NCCOCCOCCOCCNc2cccc3c2C(=O)N(C2CCC(=O)NC2=O)C3=O)CC1. The molecule has 4 N–H and O–H groups in total. The summed E-state index contributed by atoms with van der Waals surface area (Å²) in [4.78, 5) is 74.4. The molecule has 2 fully saturated rings. The zero-order valence-electron chi connectivity index (χ0n) is 34.6. The largest absolute Gasteiger partial charge is 0.493 e. The van der Waals surface area contributed by atoms with Gasteiger partial charge in [-0.2, -0.15) is 0 Å². The second kappa shape index (κ2) is 21.4. The van der Waals surface area contributed by atoms with Crippen LogP contribution in [-0.2, 0) is 28.6 Å². The number of amides is 5. The van der Waals surface area contributed by atoms with Crippen LogP contribution in [0.5, 0.6) is 11.5 Å². The van der Waals surface area contributed by atoms with E-state index < -0.39 is 35.5 Å². The predicted octanol–water partition coefficient (Wildman–Crippen LogP) is 3.70. The first-order chi connectivity index (χ1) is 30.6. The number of anilines is 3. The predicted molar refractivity (Wildman–Crippen MR) is 228 cm³/mol. The van der Waals surface area contributed by atoms with E-state index >= 15 is 0 Å². The van der Waals surface area contributed by atoms with Crippen LogP contribution in [0.15, 0.2) is 54.9 Å². The summed E-state index contributed by atoms with van der Waals surface area (Å²) in [5.41, 5.74) is 1.61. The second-order valence-electron chi connectivity index (χ2n) is 14.9. The first kappa shape index (κ1) is 45.0. The van der Waals surface area contributed by atoms with Crippen LogP contribution in [0.4, 0.5) is 21.6 Å². The number of rotatable bonds is 21. The topological polar surface area (TPSA) is 212 Å². The van der Waals surface area contributed by atoms with Crippen LogP contribution in [0.1, 0.15) is 46.4 Å². The van der Waals surface area contributed by atoms with Crippen molar-refractivity contribution >= 4 is 69.2 Å². The van der Waals surface area contributed by atoms with Crippen LogP contribution in [0.25, 0.3) is 10.9 Å². The van der Waals surface area contributed by atoms with E-state index in [1.165, 1.54) is 12.4 Å². The number of hydrogen-bond acceptors (Lipinski definition) is 15. The molecule has 1 atom stereocenters. The fourth-order valence-electron chi connectivity index (χ4n) is 7.49. The number of aromatic nitrogens is 2. The maximum absolute atomic E-state index is 14.6. The number of methoxy groups -OCH3 is 1. The Hall–Kier alpha value is -5.99. The molecule has 63 heavy (non-hydrogen) atoms. The van der Waals surface area contributed by atoms with E-state index in [2.05, 4.69) is 36.1 Å². The molecule has 0 spiro atoms. The van der Waals surface area contributed by atoms with E-state index in [0.29, 0.717) is 113 Å². The van der Waals surface area contributed by atoms with Gasteiger partial charge in [0.25, 0.3) is 11.8 Å². The third-order valence-electron chi connectivity index (χ3n) is 10.7. The summed E-state index contributed by atoms with van der Waals surface area (Å²) in [6, 6.07) is 12.1. The molecule has 7 rings (SSSR count). The van der Waals surface area contributed by atoms with Crippen LogP contribution >= 0.6 is 11.6 Å². The van der Waals surface area contributed by atoms with Gasteiger partial charge in [0, 0.05) is 49.7 Å². The Labute approximate surface area is 367 Å². The van der Waals surface area contributed by atoms with E-state index in [0.717, 1.165) is 4.90 Å². The second-order valence-corrected chi connectivity index (χ2v) is 15.3. The van der Waals surface area contributed by atoms with Gasteiger partial charge in [0.05, 0.1) is 80.6 Å². The molecule has 3 aromatic carbocycles. The lowest BCUT2D eigenvalue weighted by Crippen LogP contribution is -2.54. The van der Waals surface area contributed by atoms with Gasteiger partial charge in [-0.3, -0.25) is 39.1 Å². The lowest BCUT2D eigenvalue weighted by molar-refractivity contribution is -0.136. The van der Waals surface area contributed by atoms with Crippen LogP contribution in [0.2, 0.25) is 5.02 Å². The smallest absolute Gasteiger partial charge is 0.264 e. The quantitative estimate of drug-likeness (QED) is 0.0694. The molecule has 3 aliphatic rings. The highest BCUT2D eigenvalue weighted by atomic mass is 35.5. The van der Waals surface area contributed by atoms with Crippen molar-refractivity contribution in [1.82, 2.24) is 30.4 Å². The third kappa shape index (κ3) is 11.2. The minimum atomic E-state index is -1.03. The molecule has 0 radical (unpaired) electrons. The highest BCUT2D eigenvalue weighted by Crippen LogP contribution is 2.37. The molecule has 18 nitrogen and oxygen atoms in total. The molecular formula is C43H48ClFN8O10. The van der Waals surface area contributed by atoms with Gasteiger partial charge in [0.1, 0.15) is 24.3 Å². The van der Waals surface area contributed by atoms with Crippen molar-refractivity contribution in [2.24, 2.45) is 0 Å². The van der Waals surface area contributed by atoms with Crippen molar-refractivity contribution in [2.75, 3.05) is 90.1 Å². The number of piperidine rings is 2. The molecule has 20 heteroatoms. The highest BCUT2D eigenvalue weighted by Gasteiger charge is 2.45. The lowest BCUT2D eigenvalue weighted by Gasteiger charge is -2.32. The van der Waals surface area contributed by atoms with Gasteiger partial charge >= 0.3 is 0 Å². The van der Waals surface area contributed by atoms with Crippen molar-refractivity contribution in [2.45, 2.75) is 37.8 Å². The summed E-state index contributed by atoms with van der Waals surface area (Å²) >= 11 is 5.97. The first-order valence-electron chi connectivity index (χ1n) is 20.6. The number of nitrogens with zero attached hydrogens (tertiary/aromatic N) is 4. The molecule has 1 aromatic heterocycles. The Morgan fingerprint density at radius 3 is 2.33 bits per heavy atom. The Morgan fingerprint density at radius 1 is 0.873 bits per heavy atom. The van der Waals surface area contributed by atoms with Crippen molar-refractivity contribution in [3.8, 4) is 11.5 Å². The summed E-state index contributed by atoms with van der Waals surface area (Å²) in [5, 5.41) is 11.8. The van der Waals surface area contributed by atoms with Gasteiger partial charge in [-0.05, 0) is 49.6 Å². The van der Waals surface area contributed by atoms with Gasteiger partial charge in [-0.1, -0.05) is 23.7 Å². The van der Waals surface area contributed by atoms with E-state index in [9.17, 15) is 28.4 Å². The number of benzene rings is 3. The lowest BCUT2D eigenvalue weighted by atomic mass is 10.0. The van der Waals surface area contributed by atoms with Gasteiger partial charge in [0.2, 0.25) is 17.7 Å². The average molecular weight is 891 g/mol. The average Bonchev–Trinajstić information content (AvgIpc) is 3.53. The molecule has 2 saturated heterocycles. The summed E-state index contributed by atoms with van der Waals surface area (Å²) in [6.45, 7) is 4.30. The fraction of sp³-hybridized carbons (Fsp3) is 0.419. The molecule has 334 valence electrons. The van der Waals surface area contributed by atoms with E-state index in [4.69, 9.17) is 35.3 Å². The number of hydrogen-bond donors (Lipinski definition) is 4. The zero-order chi connectivity index (χ0) is 44.3. The molecule has 0 saturated carbocycles. The molecule has 0 bridgehead atoms. The van der Waals surface area contributed by atoms with Crippen LogP contribution in [-0.4, -0.2) is 141 Å². The number of ether oxygens (including phenoxy) is 5. The Morgan fingerprint density at radius 2 is 1.59 bits per heavy atom. The van der Waals surface area contributed by atoms with Gasteiger partial charge in [-0.25, -0.2) is 14.4 Å². The maximum atomic E-state index is 14.6. The minimum absolute atomic E-state index is 0.00836. The molecule has 5 amide bonds. The summed E-state index contributed by atoms with van der Waals surface area (Å²) in [5.74, 6) is -1.52. The summed E-state index contributed by atoms with van der Waals surface area (Å²) < 4.78 is 43.4. The number of fused-ring (bicyclic) bond motifs is 2. The summed E-state index contributed by atoms with van der Waals surface area (Å²) in [7, 11) is 1.55. The molecule has 4 heterocycles. The van der Waals surface area contributed by atoms with Crippen molar-refractivity contribution in [3.63, 3.8) is 0 Å². The number of imide groups is 2. The van der Waals surface area contributed by atoms with E-state index in [1.54, 1.807) is 49.6 Å². The minimum Gasteiger partial charge on any atom is -0.493 e. The monoisotopic (exact) mass is 890 g/mol. The van der Waals surface area contributed by atoms with Gasteiger partial charge in [0.15, 0.2) is 17.3 Å². The number of carbonyl (C=O) groups excluding carboxylic acids is 5. The highest BCUT2D eigenvalue weighted by molar-refractivity contribution is 6.31. The summed E-state index contributed by atoms with van der Waals surface area (Å²) in [6.07, 6.45) is 2.79. The number of likely N-dealkylation sites (tertiary alicyclic amines) is 1. The molecule has 1 unspecified atom stereocenters. The molecule has 0 aliphatic carbocycles. The molecule has 4 aromatic rings. The Kier molecular flexibility index (Phi) is 15.3. The number of halogens is 2. The van der Waals surface area contributed by atoms with Crippen LogP contribution in [0.3, 0.4) is 0 Å². The standard InChI is InChI=1S/C43H48ClFN8O10/c1-59-34-23-32-28(40(49-25-48-32)50-31-7-3-5-29(44)39(31)45)22-35(34)63-26-10-14-52(15-11-26)24-37(55)47-13-17-61-19-21-62-20-18-60-16-12-46-30-6-2-4-27-38(30)43(58)53(42(27)57)33-8-9-36(54)51-41(33)56/h2-7,22-23,25-26,33,46H,8-21,24H2,1H3,(H,47,55)(H,48,49,50)(H,51,54,56). The van der Waals surface area contributed by atoms with Crippen LogP contribution < -0.4 is 30.7 Å². The van der Waals surface area contributed by atoms with Crippen molar-refractivity contribution < 1.29 is 52.0 Å². The Bertz CT molecular complexity index is 2330. The molecular weight excluding hydrogens is 843 g/mol. The zero-order valence-corrected chi connectivity index (χ0v) is 35.3. The maximum Gasteiger partial charge on any atom is 0.264 e. The van der Waals surface area contributed by atoms with Gasteiger partial charge < -0.3 is 39.6 Å². The fourth-order valence-corrected chi connectivity index (χ4v) is 7.67. The molecule has 3 aliphatic heterocycles. The first-order valence-corrected chi connectivity index (χ1v) is 21.0. The van der Waals surface area contributed by atoms with Crippen molar-refractivity contribution in [1.29, 1.82) is 0 Å². The number of nitrogens with one attached hydrogen (secondary N) is 4. The Balaban J connectivity index is 0.727. The van der Waals surface area contributed by atoms with E-state index in [1.807, 2.05) is 0 Å². The third-order valence-corrected chi connectivity index (χ3v) is 11.0. The van der Waals surface area contributed by atoms with Crippen molar-refractivity contribution in [3.05, 3.63) is 76.8 Å². The number of carbonyl (C=O) groups is 5. The van der Waals surface area contributed by atoms with Gasteiger partial charge in [-0.15, -0.1) is 0 Å². The van der Waals surface area contributed by atoms with Crippen LogP contribution in [0, 0.1) is 5.82 Å². The normalized spacial score (nSPS) is 16.9. The van der Waals surface area contributed by atoms with E-state index in [-0.39, 0.29) is 53.2 Å².